The monoisotopic (exact) mass is 481 g/mol. The lowest BCUT2D eigenvalue weighted by Gasteiger charge is -2.33. The maximum Gasteiger partial charge on any atom is 0.262 e. The third-order valence-electron chi connectivity index (χ3n) is 4.64. The number of halogens is 3. The minimum atomic E-state index is -0.676. The molecule has 170 valence electrons. The Bertz CT molecular complexity index is 1030. The molecule has 10 heteroatoms. The summed E-state index contributed by atoms with van der Waals surface area (Å²) in [6.45, 7) is 4.08. The number of benzene rings is 2. The van der Waals surface area contributed by atoms with Crippen molar-refractivity contribution in [1.29, 1.82) is 0 Å². The van der Waals surface area contributed by atoms with Gasteiger partial charge in [0.05, 0.1) is 17.3 Å². The van der Waals surface area contributed by atoms with Gasteiger partial charge in [0.15, 0.2) is 12.7 Å². The predicted molar refractivity (Wildman–Crippen MR) is 121 cm³/mol. The van der Waals surface area contributed by atoms with Crippen LogP contribution in [-0.2, 0) is 9.59 Å². The van der Waals surface area contributed by atoms with E-state index in [0.717, 1.165) is 11.8 Å². The van der Waals surface area contributed by atoms with Crippen molar-refractivity contribution >= 4 is 40.7 Å². The molecule has 0 radical (unpaired) electrons. The van der Waals surface area contributed by atoms with Gasteiger partial charge in [0.1, 0.15) is 17.3 Å². The van der Waals surface area contributed by atoms with Crippen molar-refractivity contribution in [2.45, 2.75) is 12.5 Å². The second-order valence-electron chi connectivity index (χ2n) is 7.16. The summed E-state index contributed by atoms with van der Waals surface area (Å²) >= 11 is 11.6. The highest BCUT2D eigenvalue weighted by molar-refractivity contribution is 6.31. The van der Waals surface area contributed by atoms with Gasteiger partial charge in [-0.25, -0.2) is 4.39 Å². The molecule has 1 aliphatic heterocycles. The number of nitrogens with zero attached hydrogens (tertiary/aromatic N) is 1. The molecule has 0 bridgehead atoms. The number of fused-ring (bicyclic) bond motifs is 1. The number of anilines is 1. The standard InChI is InChI=1S/C22H22Cl2FN3O4/c1-13(27-21(29)12-31-15-4-5-16(24)17(25)10-15)7-8-26-22(30)20-11-28(2)18-9-14(23)3-6-19(18)32-20/h3-6,9-10,20H,1,7-8,11-12H2,2H3,(H,26,30)(H,27,29). The molecule has 32 heavy (non-hydrogen) atoms. The first kappa shape index (κ1) is 23.7. The molecular weight excluding hydrogens is 460 g/mol. The van der Waals surface area contributed by atoms with Gasteiger partial charge in [0, 0.05) is 36.8 Å². The summed E-state index contributed by atoms with van der Waals surface area (Å²) in [5.41, 5.74) is 1.23. The third kappa shape index (κ3) is 6.27. The molecule has 7 nitrogen and oxygen atoms in total. The highest BCUT2D eigenvalue weighted by atomic mass is 35.5. The van der Waals surface area contributed by atoms with Crippen molar-refractivity contribution in [3.05, 3.63) is 64.5 Å². The Morgan fingerprint density at radius 1 is 1.28 bits per heavy atom. The molecule has 2 aromatic carbocycles. The van der Waals surface area contributed by atoms with E-state index in [2.05, 4.69) is 17.2 Å². The lowest BCUT2D eigenvalue weighted by molar-refractivity contribution is -0.127. The quantitative estimate of drug-likeness (QED) is 0.602. The van der Waals surface area contributed by atoms with Gasteiger partial charge in [-0.15, -0.1) is 0 Å². The Hall–Kier alpha value is -2.97. The summed E-state index contributed by atoms with van der Waals surface area (Å²) in [6.07, 6.45) is -0.355. The number of amides is 2. The zero-order chi connectivity index (χ0) is 23.3. The highest BCUT2D eigenvalue weighted by Gasteiger charge is 2.29. The van der Waals surface area contributed by atoms with Crippen LogP contribution in [0.25, 0.3) is 0 Å². The topological polar surface area (TPSA) is 79.9 Å². The van der Waals surface area contributed by atoms with E-state index in [4.69, 9.17) is 32.7 Å². The summed E-state index contributed by atoms with van der Waals surface area (Å²) in [5.74, 6) is -0.597. The zero-order valence-electron chi connectivity index (χ0n) is 17.3. The van der Waals surface area contributed by atoms with E-state index >= 15 is 0 Å². The molecular formula is C22H22Cl2FN3O4. The number of likely N-dealkylation sites (N-methyl/N-ethyl adjacent to an activating group) is 1. The van der Waals surface area contributed by atoms with Crippen molar-refractivity contribution < 1.29 is 23.5 Å². The predicted octanol–water partition coefficient (Wildman–Crippen LogP) is 3.54. The molecule has 0 aromatic heterocycles. The summed E-state index contributed by atoms with van der Waals surface area (Å²) in [4.78, 5) is 26.3. The molecule has 1 heterocycles. The van der Waals surface area contributed by atoms with E-state index in [-0.39, 0.29) is 29.8 Å². The molecule has 1 aliphatic rings. The van der Waals surface area contributed by atoms with E-state index in [1.54, 1.807) is 18.2 Å². The number of ether oxygens (including phenoxy) is 2. The van der Waals surface area contributed by atoms with Crippen LogP contribution in [0.5, 0.6) is 11.5 Å². The van der Waals surface area contributed by atoms with Crippen molar-refractivity contribution in [2.24, 2.45) is 0 Å². The Morgan fingerprint density at radius 2 is 2.06 bits per heavy atom. The van der Waals surface area contributed by atoms with Gasteiger partial charge in [-0.05, 0) is 30.3 Å². The van der Waals surface area contributed by atoms with Gasteiger partial charge in [0.25, 0.3) is 11.8 Å². The highest BCUT2D eigenvalue weighted by Crippen LogP contribution is 2.34. The molecule has 0 spiro atoms. The molecule has 3 rings (SSSR count). The first-order valence-electron chi connectivity index (χ1n) is 9.73. The van der Waals surface area contributed by atoms with E-state index in [1.807, 2.05) is 11.9 Å². The Labute approximate surface area is 195 Å². The van der Waals surface area contributed by atoms with Crippen LogP contribution < -0.4 is 25.0 Å². The smallest absolute Gasteiger partial charge is 0.262 e. The number of hydrogen-bond acceptors (Lipinski definition) is 5. The second kappa shape index (κ2) is 10.6. The molecule has 1 atom stereocenters. The van der Waals surface area contributed by atoms with Crippen LogP contribution in [0.4, 0.5) is 10.1 Å². The molecule has 0 saturated heterocycles. The van der Waals surface area contributed by atoms with Crippen LogP contribution >= 0.6 is 23.2 Å². The van der Waals surface area contributed by atoms with Crippen LogP contribution in [-0.4, -0.2) is 44.7 Å². The Balaban J connectivity index is 1.38. The molecule has 2 aromatic rings. The van der Waals surface area contributed by atoms with Crippen molar-refractivity contribution in [2.75, 3.05) is 31.6 Å². The van der Waals surface area contributed by atoms with E-state index in [0.29, 0.717) is 29.4 Å². The minimum absolute atomic E-state index is 0.0314. The van der Waals surface area contributed by atoms with Gasteiger partial charge in [0.2, 0.25) is 0 Å². The van der Waals surface area contributed by atoms with Crippen molar-refractivity contribution in [1.82, 2.24) is 10.6 Å². The molecule has 0 aliphatic carbocycles. The van der Waals surface area contributed by atoms with Crippen molar-refractivity contribution in [3.8, 4) is 11.5 Å². The maximum absolute atomic E-state index is 13.4. The molecule has 2 amide bonds. The molecule has 0 saturated carbocycles. The Kier molecular flexibility index (Phi) is 7.82. The summed E-state index contributed by atoms with van der Waals surface area (Å²) in [7, 11) is 1.86. The van der Waals surface area contributed by atoms with Gasteiger partial charge in [-0.3, -0.25) is 9.59 Å². The SMILES string of the molecule is C=C(CCNC(=O)C1CN(C)c2cc(Cl)ccc2O1)NC(=O)COc1ccc(Cl)c(F)c1. The van der Waals surface area contributed by atoms with Crippen LogP contribution in [0.15, 0.2) is 48.7 Å². The zero-order valence-corrected chi connectivity index (χ0v) is 18.8. The van der Waals surface area contributed by atoms with Crippen LogP contribution in [0.3, 0.4) is 0 Å². The second-order valence-corrected chi connectivity index (χ2v) is 8.00. The Morgan fingerprint density at radius 3 is 2.81 bits per heavy atom. The van der Waals surface area contributed by atoms with Gasteiger partial charge in [-0.1, -0.05) is 29.8 Å². The number of rotatable bonds is 8. The fraction of sp³-hybridized carbons (Fsp3) is 0.273. The molecule has 0 fully saturated rings. The lowest BCUT2D eigenvalue weighted by atomic mass is 10.2. The van der Waals surface area contributed by atoms with Crippen LogP contribution in [0, 0.1) is 5.82 Å². The number of hydrogen-bond donors (Lipinski definition) is 2. The fourth-order valence-electron chi connectivity index (χ4n) is 3.02. The van der Waals surface area contributed by atoms with Crippen LogP contribution in [0.2, 0.25) is 10.0 Å². The third-order valence-corrected chi connectivity index (χ3v) is 5.18. The first-order valence-corrected chi connectivity index (χ1v) is 10.5. The van der Waals surface area contributed by atoms with E-state index in [9.17, 15) is 14.0 Å². The summed E-state index contributed by atoms with van der Waals surface area (Å²) in [6, 6.07) is 9.11. The van der Waals surface area contributed by atoms with Gasteiger partial charge >= 0.3 is 0 Å². The van der Waals surface area contributed by atoms with Crippen molar-refractivity contribution in [3.63, 3.8) is 0 Å². The maximum atomic E-state index is 13.4. The average Bonchev–Trinajstić information content (AvgIpc) is 2.74. The normalized spacial score (nSPS) is 14.8. The lowest BCUT2D eigenvalue weighted by Crippen LogP contribution is -2.48. The summed E-state index contributed by atoms with van der Waals surface area (Å²) < 4.78 is 24.4. The van der Waals surface area contributed by atoms with E-state index < -0.39 is 17.8 Å². The van der Waals surface area contributed by atoms with Gasteiger partial charge in [-0.2, -0.15) is 0 Å². The fourth-order valence-corrected chi connectivity index (χ4v) is 3.31. The molecule has 2 N–H and O–H groups in total. The molecule has 1 unspecified atom stereocenters. The van der Waals surface area contributed by atoms with Gasteiger partial charge < -0.3 is 25.0 Å². The van der Waals surface area contributed by atoms with E-state index in [1.165, 1.54) is 12.1 Å². The average molecular weight is 482 g/mol. The van der Waals surface area contributed by atoms with Crippen LogP contribution in [0.1, 0.15) is 6.42 Å². The first-order chi connectivity index (χ1) is 15.2. The minimum Gasteiger partial charge on any atom is -0.484 e. The summed E-state index contributed by atoms with van der Waals surface area (Å²) in [5, 5.41) is 5.91. The number of carbonyl (C=O) groups is 2. The number of carbonyl (C=O) groups excluding carboxylic acids is 2. The largest absolute Gasteiger partial charge is 0.484 e. The number of nitrogens with one attached hydrogen (secondary N) is 2.